The smallest absolute Gasteiger partial charge is 0.434 e. The van der Waals surface area contributed by atoms with Gasteiger partial charge in [0.2, 0.25) is 5.57 Å². The summed E-state index contributed by atoms with van der Waals surface area (Å²) in [5.41, 5.74) is -2.32. The van der Waals surface area contributed by atoms with E-state index in [-0.39, 0.29) is 11.4 Å². The molecular formula is C16H12F9NO6. The van der Waals surface area contributed by atoms with Gasteiger partial charge in [-0.15, -0.1) is 0 Å². The molecule has 1 aromatic rings. The summed E-state index contributed by atoms with van der Waals surface area (Å²) in [6.07, 6.45) is -22.3. The Balaban J connectivity index is 3.29. The molecule has 0 bridgehead atoms. The fraction of sp³-hybridized carbons (Fsp3) is 0.375. The van der Waals surface area contributed by atoms with E-state index in [0.29, 0.717) is 0 Å². The summed E-state index contributed by atoms with van der Waals surface area (Å²) in [7, 11) is 1.26. The maximum absolute atomic E-state index is 12.6. The molecule has 7 nitrogen and oxygen atoms in total. The van der Waals surface area contributed by atoms with Crippen LogP contribution in [0.1, 0.15) is 0 Å². The maximum atomic E-state index is 12.6. The first-order valence-corrected chi connectivity index (χ1v) is 7.88. The van der Waals surface area contributed by atoms with Gasteiger partial charge in [0, 0.05) is 5.69 Å². The summed E-state index contributed by atoms with van der Waals surface area (Å²) in [4.78, 5) is 24.0. The van der Waals surface area contributed by atoms with Crippen LogP contribution in [0.5, 0.6) is 5.75 Å². The second-order valence-corrected chi connectivity index (χ2v) is 5.64. The lowest BCUT2D eigenvalue weighted by Crippen LogP contribution is -2.46. The quantitative estimate of drug-likeness (QED) is 0.151. The number of amides is 1. The molecule has 0 atom stereocenters. The molecule has 0 saturated carbocycles. The van der Waals surface area contributed by atoms with Crippen molar-refractivity contribution in [2.45, 2.75) is 24.6 Å². The zero-order chi connectivity index (χ0) is 24.9. The molecule has 0 saturated heterocycles. The highest BCUT2D eigenvalue weighted by atomic mass is 19.4. The molecule has 2 N–H and O–H groups in total. The first kappa shape index (κ1) is 26.7. The Morgan fingerprint density at radius 2 is 1.47 bits per heavy atom. The minimum absolute atomic E-state index is 0.243. The summed E-state index contributed by atoms with van der Waals surface area (Å²) >= 11 is 0. The van der Waals surface area contributed by atoms with Crippen molar-refractivity contribution < 1.29 is 68.4 Å². The zero-order valence-electron chi connectivity index (χ0n) is 15.5. The van der Waals surface area contributed by atoms with Crippen molar-refractivity contribution >= 4 is 17.6 Å². The van der Waals surface area contributed by atoms with Gasteiger partial charge in [0.1, 0.15) is 5.75 Å². The van der Waals surface area contributed by atoms with Gasteiger partial charge < -0.3 is 24.6 Å². The average Bonchev–Trinajstić information content (AvgIpc) is 2.63. The van der Waals surface area contributed by atoms with Crippen LogP contribution in [0.25, 0.3) is 0 Å². The van der Waals surface area contributed by atoms with E-state index in [1.54, 1.807) is 5.32 Å². The van der Waals surface area contributed by atoms with Crippen molar-refractivity contribution in [3.63, 3.8) is 0 Å². The Hall–Kier alpha value is -3.33. The Bertz CT molecular complexity index is 830. The fourth-order valence-corrected chi connectivity index (χ4v) is 1.85. The molecule has 1 amide bonds. The first-order chi connectivity index (χ1) is 14.5. The van der Waals surface area contributed by atoms with Crippen LogP contribution in [-0.4, -0.2) is 55.3 Å². The number of nitrogens with one attached hydrogen (secondary N) is 1. The molecule has 0 heterocycles. The zero-order valence-corrected chi connectivity index (χ0v) is 15.5. The number of alkyl halides is 9. The summed E-state index contributed by atoms with van der Waals surface area (Å²) in [6, 6.07) is 4.62. The number of aliphatic hydroxyl groups is 1. The summed E-state index contributed by atoms with van der Waals surface area (Å²) in [5.74, 6) is -6.66. The largest absolute Gasteiger partial charge is 0.497 e. The second kappa shape index (κ2) is 9.86. The van der Waals surface area contributed by atoms with Gasteiger partial charge in [0.25, 0.3) is 18.0 Å². The Labute approximate surface area is 172 Å². The number of hydrogen-bond acceptors (Lipinski definition) is 6. The molecule has 0 aliphatic heterocycles. The number of ether oxygens (including phenoxy) is 3. The number of methoxy groups -OCH3 is 1. The van der Waals surface area contributed by atoms with Crippen LogP contribution in [0.4, 0.5) is 45.2 Å². The molecular weight excluding hydrogens is 473 g/mol. The Morgan fingerprint density at radius 3 is 1.88 bits per heavy atom. The molecule has 0 spiro atoms. The molecule has 1 aromatic carbocycles. The van der Waals surface area contributed by atoms with Crippen molar-refractivity contribution in [2.24, 2.45) is 0 Å². The third-order valence-electron chi connectivity index (χ3n) is 3.18. The van der Waals surface area contributed by atoms with Gasteiger partial charge in [-0.3, -0.25) is 4.79 Å². The molecule has 16 heteroatoms. The van der Waals surface area contributed by atoms with Gasteiger partial charge in [-0.25, -0.2) is 4.79 Å². The van der Waals surface area contributed by atoms with E-state index in [0.717, 1.165) is 12.1 Å². The second-order valence-electron chi connectivity index (χ2n) is 5.64. The number of hydrogen-bond donors (Lipinski definition) is 2. The minimum atomic E-state index is -6.20. The van der Waals surface area contributed by atoms with Crippen LogP contribution in [-0.2, 0) is 19.1 Å². The van der Waals surface area contributed by atoms with E-state index in [2.05, 4.69) is 9.47 Å². The van der Waals surface area contributed by atoms with Crippen LogP contribution >= 0.6 is 0 Å². The average molecular weight is 485 g/mol. The lowest BCUT2D eigenvalue weighted by Gasteiger charge is -2.23. The van der Waals surface area contributed by atoms with Gasteiger partial charge in [-0.1, -0.05) is 0 Å². The van der Waals surface area contributed by atoms with Gasteiger partial charge in [0.15, 0.2) is 6.61 Å². The van der Waals surface area contributed by atoms with E-state index in [4.69, 9.17) is 4.74 Å². The van der Waals surface area contributed by atoms with E-state index >= 15 is 0 Å². The van der Waals surface area contributed by atoms with Crippen molar-refractivity contribution in [1.29, 1.82) is 0 Å². The highest BCUT2D eigenvalue weighted by Gasteiger charge is 2.60. The van der Waals surface area contributed by atoms with E-state index in [1.807, 2.05) is 0 Å². The molecule has 0 aliphatic carbocycles. The summed E-state index contributed by atoms with van der Waals surface area (Å²) in [5, 5.41) is 11.3. The highest BCUT2D eigenvalue weighted by molar-refractivity contribution is 6.21. The van der Waals surface area contributed by atoms with Crippen LogP contribution < -0.4 is 10.1 Å². The molecule has 0 aromatic heterocycles. The van der Waals surface area contributed by atoms with Crippen LogP contribution in [0, 0.1) is 0 Å². The fourth-order valence-electron chi connectivity index (χ4n) is 1.85. The Kier molecular flexibility index (Phi) is 8.23. The standard InChI is InChI=1S/C16H12F9NO6/c1-30-8-4-2-7(3-5-8)26-10(27)9(11(28)31-6-14(17,18)19)12(29)32-13(15(20,21)22)16(23,24)25/h2-5,13,28H,6H2,1H3,(H,26,27)/b11-9+. The van der Waals surface area contributed by atoms with E-state index in [1.165, 1.54) is 19.2 Å². The van der Waals surface area contributed by atoms with Crippen molar-refractivity contribution in [3.05, 3.63) is 35.8 Å². The number of aliphatic hydroxyl groups excluding tert-OH is 1. The van der Waals surface area contributed by atoms with Gasteiger partial charge >= 0.3 is 24.5 Å². The predicted octanol–water partition coefficient (Wildman–Crippen LogP) is 4.02. The number of halogens is 9. The number of rotatable bonds is 7. The number of esters is 1. The predicted molar refractivity (Wildman–Crippen MR) is 85.3 cm³/mol. The molecule has 0 unspecified atom stereocenters. The summed E-state index contributed by atoms with van der Waals surface area (Å²) in [6.45, 7) is -2.34. The van der Waals surface area contributed by atoms with E-state index in [9.17, 15) is 54.2 Å². The summed E-state index contributed by atoms with van der Waals surface area (Å²) < 4.78 is 124. The monoisotopic (exact) mass is 485 g/mol. The number of carbonyl (C=O) groups is 2. The third kappa shape index (κ3) is 8.07. The van der Waals surface area contributed by atoms with Crippen LogP contribution in [0.2, 0.25) is 0 Å². The first-order valence-electron chi connectivity index (χ1n) is 7.88. The lowest BCUT2D eigenvalue weighted by atomic mass is 10.2. The normalized spacial score (nSPS) is 13.3. The third-order valence-corrected chi connectivity index (χ3v) is 3.18. The van der Waals surface area contributed by atoms with Crippen LogP contribution in [0.3, 0.4) is 0 Å². The van der Waals surface area contributed by atoms with E-state index < -0.39 is 54.6 Å². The van der Waals surface area contributed by atoms with Crippen molar-refractivity contribution in [2.75, 3.05) is 19.0 Å². The topological polar surface area (TPSA) is 94.1 Å². The Morgan fingerprint density at radius 1 is 0.969 bits per heavy atom. The van der Waals surface area contributed by atoms with Gasteiger partial charge in [-0.2, -0.15) is 39.5 Å². The number of benzene rings is 1. The maximum Gasteiger partial charge on any atom is 0.434 e. The molecule has 0 fully saturated rings. The number of carbonyl (C=O) groups excluding carboxylic acids is 2. The van der Waals surface area contributed by atoms with Crippen molar-refractivity contribution in [1.82, 2.24) is 0 Å². The highest BCUT2D eigenvalue weighted by Crippen LogP contribution is 2.36. The molecule has 0 radical (unpaired) electrons. The van der Waals surface area contributed by atoms with Crippen molar-refractivity contribution in [3.8, 4) is 5.75 Å². The van der Waals surface area contributed by atoms with Gasteiger partial charge in [-0.05, 0) is 24.3 Å². The molecule has 1 rings (SSSR count). The minimum Gasteiger partial charge on any atom is -0.497 e. The number of anilines is 1. The molecule has 0 aliphatic rings. The lowest BCUT2D eigenvalue weighted by molar-refractivity contribution is -0.312. The van der Waals surface area contributed by atoms with Crippen LogP contribution in [0.15, 0.2) is 35.8 Å². The molecule has 32 heavy (non-hydrogen) atoms. The molecule has 180 valence electrons. The van der Waals surface area contributed by atoms with Gasteiger partial charge in [0.05, 0.1) is 7.11 Å². The SMILES string of the molecule is COc1ccc(NC(=O)/C(C(=O)OC(C(F)(F)F)C(F)(F)F)=C(/O)OCC(F)(F)F)cc1.